The molecule has 188 valence electrons. The molecule has 7 nitrogen and oxygen atoms in total. The van der Waals surface area contributed by atoms with E-state index >= 15 is 0 Å². The molecular weight excluding hydrogens is 512 g/mol. The summed E-state index contributed by atoms with van der Waals surface area (Å²) in [5.74, 6) is -3.02. The van der Waals surface area contributed by atoms with Gasteiger partial charge in [0.2, 0.25) is 11.8 Å². The van der Waals surface area contributed by atoms with E-state index in [4.69, 9.17) is 11.6 Å². The average molecular weight is 534 g/mol. The Labute approximate surface area is 212 Å². The van der Waals surface area contributed by atoms with Crippen LogP contribution in [0.1, 0.15) is 23.1 Å². The fraction of sp³-hybridized carbons (Fsp3) is 0.200. The van der Waals surface area contributed by atoms with Crippen LogP contribution in [0.15, 0.2) is 53.4 Å². The molecule has 1 heterocycles. The number of nitrogens with one attached hydrogen (secondary N) is 2. The summed E-state index contributed by atoms with van der Waals surface area (Å²) in [7, 11) is -4.47. The summed E-state index contributed by atoms with van der Waals surface area (Å²) in [4.78, 5) is 25.8. The molecular formula is C25H22ClF2N3O4S. The molecule has 1 atom stereocenters. The zero-order valence-electron chi connectivity index (χ0n) is 19.5. The Balaban J connectivity index is 1.80. The third-order valence-electron chi connectivity index (χ3n) is 5.91. The van der Waals surface area contributed by atoms with E-state index in [1.54, 1.807) is 20.8 Å². The molecule has 1 aliphatic heterocycles. The first-order valence-corrected chi connectivity index (χ1v) is 12.7. The van der Waals surface area contributed by atoms with E-state index in [2.05, 4.69) is 10.6 Å². The van der Waals surface area contributed by atoms with Crippen LogP contribution in [0.5, 0.6) is 0 Å². The van der Waals surface area contributed by atoms with Gasteiger partial charge < -0.3 is 10.6 Å². The summed E-state index contributed by atoms with van der Waals surface area (Å²) in [6, 6.07) is 8.86. The first kappa shape index (κ1) is 25.6. The van der Waals surface area contributed by atoms with Crippen molar-refractivity contribution in [2.24, 2.45) is 0 Å². The molecule has 4 rings (SSSR count). The number of fused-ring (bicyclic) bond motifs is 1. The lowest BCUT2D eigenvalue weighted by atomic mass is 10.1. The van der Waals surface area contributed by atoms with Gasteiger partial charge in [-0.1, -0.05) is 23.7 Å². The highest BCUT2D eigenvalue weighted by atomic mass is 35.5. The normalized spacial score (nSPS) is 15.3. The molecule has 0 fully saturated rings. The van der Waals surface area contributed by atoms with Gasteiger partial charge in [0, 0.05) is 10.7 Å². The summed E-state index contributed by atoms with van der Waals surface area (Å²) in [6.07, 6.45) is -0.609. The Morgan fingerprint density at radius 2 is 1.78 bits per heavy atom. The number of anilines is 3. The quantitative estimate of drug-likeness (QED) is 0.477. The second kappa shape index (κ2) is 9.51. The predicted octanol–water partition coefficient (Wildman–Crippen LogP) is 5.09. The number of benzene rings is 3. The lowest BCUT2D eigenvalue weighted by Gasteiger charge is -2.37. The Hall–Kier alpha value is -3.50. The van der Waals surface area contributed by atoms with Crippen LogP contribution >= 0.6 is 11.6 Å². The van der Waals surface area contributed by atoms with Crippen LogP contribution in [0.2, 0.25) is 5.02 Å². The number of hydrogen-bond donors (Lipinski definition) is 2. The molecule has 0 aromatic heterocycles. The average Bonchev–Trinajstić information content (AvgIpc) is 2.79. The highest BCUT2D eigenvalue weighted by molar-refractivity contribution is 7.93. The molecule has 1 unspecified atom stereocenters. The van der Waals surface area contributed by atoms with Gasteiger partial charge in [-0.25, -0.2) is 17.2 Å². The number of sulfonamides is 1. The van der Waals surface area contributed by atoms with Crippen molar-refractivity contribution < 1.29 is 26.8 Å². The van der Waals surface area contributed by atoms with Crippen molar-refractivity contribution in [2.45, 2.75) is 38.1 Å². The van der Waals surface area contributed by atoms with Crippen molar-refractivity contribution in [3.05, 3.63) is 81.9 Å². The monoisotopic (exact) mass is 533 g/mol. The molecule has 36 heavy (non-hydrogen) atoms. The van der Waals surface area contributed by atoms with Crippen molar-refractivity contribution in [3.8, 4) is 0 Å². The Morgan fingerprint density at radius 3 is 2.50 bits per heavy atom. The van der Waals surface area contributed by atoms with Gasteiger partial charge in [-0.2, -0.15) is 0 Å². The summed E-state index contributed by atoms with van der Waals surface area (Å²) < 4.78 is 56.9. The number of amides is 2. The maximum absolute atomic E-state index is 14.6. The molecule has 1 aliphatic rings. The van der Waals surface area contributed by atoms with Gasteiger partial charge >= 0.3 is 0 Å². The van der Waals surface area contributed by atoms with Gasteiger partial charge in [0.05, 0.1) is 17.0 Å². The fourth-order valence-corrected chi connectivity index (χ4v) is 6.16. The Bertz CT molecular complexity index is 1510. The minimum absolute atomic E-state index is 0.124. The summed E-state index contributed by atoms with van der Waals surface area (Å²) in [6.45, 7) is 4.83. The Morgan fingerprint density at radius 1 is 1.06 bits per heavy atom. The lowest BCUT2D eigenvalue weighted by molar-refractivity contribution is -0.122. The zero-order chi connectivity index (χ0) is 26.4. The van der Waals surface area contributed by atoms with E-state index in [-0.39, 0.29) is 22.0 Å². The molecule has 0 saturated heterocycles. The van der Waals surface area contributed by atoms with Crippen LogP contribution in [0.4, 0.5) is 25.8 Å². The van der Waals surface area contributed by atoms with Crippen molar-refractivity contribution in [2.75, 3.05) is 14.9 Å². The van der Waals surface area contributed by atoms with Gasteiger partial charge in [-0.15, -0.1) is 0 Å². The maximum Gasteiger partial charge on any atom is 0.265 e. The standard InChI is InChI=1S/C25H22ClF2N3O4S/c1-13-7-8-16(27)11-19(13)29-23(32)12-21-25(33)30-24-18(28)5-4-6-20(24)31(21)36(34,35)22-10-14(2)17(26)9-15(22)3/h4-11,21H,12H2,1-3H3,(H,29,32)(H,30,33). The van der Waals surface area contributed by atoms with E-state index < -0.39 is 45.9 Å². The smallest absolute Gasteiger partial charge is 0.265 e. The third-order valence-corrected chi connectivity index (χ3v) is 8.28. The molecule has 0 bridgehead atoms. The van der Waals surface area contributed by atoms with Crippen LogP contribution in [-0.2, 0) is 19.6 Å². The maximum atomic E-state index is 14.6. The number of hydrogen-bond acceptors (Lipinski definition) is 4. The van der Waals surface area contributed by atoms with E-state index in [1.807, 2.05) is 0 Å². The number of carbonyl (C=O) groups is 2. The minimum atomic E-state index is -4.47. The van der Waals surface area contributed by atoms with E-state index in [0.29, 0.717) is 21.7 Å². The molecule has 3 aromatic carbocycles. The number of para-hydroxylation sites is 1. The van der Waals surface area contributed by atoms with E-state index in [1.165, 1.54) is 36.4 Å². The third kappa shape index (κ3) is 4.66. The van der Waals surface area contributed by atoms with Gasteiger partial charge in [-0.05, 0) is 73.9 Å². The fourth-order valence-electron chi connectivity index (χ4n) is 4.02. The van der Waals surface area contributed by atoms with E-state index in [0.717, 1.165) is 16.4 Å². The number of carbonyl (C=O) groups excluding carboxylic acids is 2. The van der Waals surface area contributed by atoms with Crippen molar-refractivity contribution in [1.82, 2.24) is 0 Å². The number of nitrogens with zero attached hydrogens (tertiary/aromatic N) is 1. The van der Waals surface area contributed by atoms with Gasteiger partial charge in [0.1, 0.15) is 23.4 Å². The van der Waals surface area contributed by atoms with Crippen LogP contribution in [-0.4, -0.2) is 26.3 Å². The summed E-state index contributed by atoms with van der Waals surface area (Å²) in [5, 5.41) is 5.25. The molecule has 0 saturated carbocycles. The molecule has 2 N–H and O–H groups in total. The first-order valence-electron chi connectivity index (χ1n) is 10.9. The lowest BCUT2D eigenvalue weighted by Crippen LogP contribution is -2.52. The van der Waals surface area contributed by atoms with Crippen molar-refractivity contribution in [1.29, 1.82) is 0 Å². The second-order valence-electron chi connectivity index (χ2n) is 8.52. The molecule has 11 heteroatoms. The Kier molecular flexibility index (Phi) is 6.76. The van der Waals surface area contributed by atoms with Crippen LogP contribution in [0.3, 0.4) is 0 Å². The molecule has 0 spiro atoms. The molecule has 0 aliphatic carbocycles. The van der Waals surface area contributed by atoms with E-state index in [9.17, 15) is 26.8 Å². The van der Waals surface area contributed by atoms with Gasteiger partial charge in [0.15, 0.2) is 0 Å². The van der Waals surface area contributed by atoms with Gasteiger partial charge in [-0.3, -0.25) is 13.9 Å². The number of halogens is 3. The topological polar surface area (TPSA) is 95.6 Å². The van der Waals surface area contributed by atoms with Crippen molar-refractivity contribution >= 4 is 50.5 Å². The van der Waals surface area contributed by atoms with Crippen molar-refractivity contribution in [3.63, 3.8) is 0 Å². The molecule has 2 amide bonds. The highest BCUT2D eigenvalue weighted by Gasteiger charge is 2.43. The summed E-state index contributed by atoms with van der Waals surface area (Å²) in [5.41, 5.74) is 1.11. The number of aryl methyl sites for hydroxylation is 3. The number of rotatable bonds is 5. The largest absolute Gasteiger partial charge is 0.326 e. The minimum Gasteiger partial charge on any atom is -0.326 e. The zero-order valence-corrected chi connectivity index (χ0v) is 21.1. The van der Waals surface area contributed by atoms with Crippen LogP contribution < -0.4 is 14.9 Å². The van der Waals surface area contributed by atoms with Gasteiger partial charge in [0.25, 0.3) is 10.0 Å². The highest BCUT2D eigenvalue weighted by Crippen LogP contribution is 2.40. The molecule has 3 aromatic rings. The first-order chi connectivity index (χ1) is 16.9. The van der Waals surface area contributed by atoms with Crippen LogP contribution in [0, 0.1) is 32.4 Å². The predicted molar refractivity (Wildman–Crippen MR) is 134 cm³/mol. The summed E-state index contributed by atoms with van der Waals surface area (Å²) >= 11 is 6.14. The second-order valence-corrected chi connectivity index (χ2v) is 10.7. The van der Waals surface area contributed by atoms with Crippen LogP contribution in [0.25, 0.3) is 0 Å². The SMILES string of the molecule is Cc1cc(S(=O)(=O)N2c3cccc(F)c3NC(=O)C2CC(=O)Nc2cc(F)ccc2C)c(C)cc1Cl. The molecule has 0 radical (unpaired) electrons.